The molecule has 2 rings (SSSR count). The molecule has 1 atom stereocenters. The van der Waals surface area contributed by atoms with Gasteiger partial charge in [0.05, 0.1) is 7.11 Å². The van der Waals surface area contributed by atoms with Gasteiger partial charge in [0.2, 0.25) is 0 Å². The molecule has 1 aliphatic carbocycles. The maximum atomic E-state index is 14.2. The summed E-state index contributed by atoms with van der Waals surface area (Å²) in [6.07, 6.45) is 4.49. The van der Waals surface area contributed by atoms with Crippen LogP contribution in [0.3, 0.4) is 0 Å². The average molecular weight is 279 g/mol. The van der Waals surface area contributed by atoms with Crippen molar-refractivity contribution in [1.29, 1.82) is 0 Å². The van der Waals surface area contributed by atoms with Crippen LogP contribution in [0, 0.1) is 17.7 Å². The van der Waals surface area contributed by atoms with E-state index in [9.17, 15) is 4.39 Å². The summed E-state index contributed by atoms with van der Waals surface area (Å²) < 4.78 is 19.3. The smallest absolute Gasteiger partial charge is 0.168 e. The highest BCUT2D eigenvalue weighted by Gasteiger charge is 2.23. The number of methoxy groups -OCH3 is 1. The van der Waals surface area contributed by atoms with Gasteiger partial charge in [-0.25, -0.2) is 4.39 Å². The van der Waals surface area contributed by atoms with Gasteiger partial charge in [-0.05, 0) is 55.7 Å². The summed E-state index contributed by atoms with van der Waals surface area (Å²) in [6.45, 7) is 5.44. The first-order valence-electron chi connectivity index (χ1n) is 7.65. The molecule has 0 amide bonds. The van der Waals surface area contributed by atoms with Crippen LogP contribution in [0.25, 0.3) is 0 Å². The fraction of sp³-hybridized carbons (Fsp3) is 0.647. The van der Waals surface area contributed by atoms with Crippen molar-refractivity contribution in [2.24, 2.45) is 11.8 Å². The van der Waals surface area contributed by atoms with Crippen LogP contribution < -0.4 is 10.1 Å². The predicted octanol–water partition coefficient (Wildman–Crippen LogP) is 3.79. The van der Waals surface area contributed by atoms with Crippen molar-refractivity contribution in [2.45, 2.75) is 45.6 Å². The van der Waals surface area contributed by atoms with Gasteiger partial charge < -0.3 is 10.1 Å². The lowest BCUT2D eigenvalue weighted by Gasteiger charge is -2.20. The Morgan fingerprint density at radius 3 is 2.70 bits per heavy atom. The van der Waals surface area contributed by atoms with E-state index in [4.69, 9.17) is 4.74 Å². The van der Waals surface area contributed by atoms with E-state index >= 15 is 0 Å². The zero-order valence-corrected chi connectivity index (χ0v) is 12.8. The third-order valence-electron chi connectivity index (χ3n) is 3.85. The number of halogens is 1. The Hall–Kier alpha value is -1.09. The fourth-order valence-electron chi connectivity index (χ4n) is 2.71. The van der Waals surface area contributed by atoms with E-state index in [-0.39, 0.29) is 5.82 Å². The molecule has 1 N–H and O–H groups in total. The predicted molar refractivity (Wildman–Crippen MR) is 80.6 cm³/mol. The van der Waals surface area contributed by atoms with Gasteiger partial charge in [-0.2, -0.15) is 0 Å². The summed E-state index contributed by atoms with van der Waals surface area (Å²) in [5.41, 5.74) is 0.771. The van der Waals surface area contributed by atoms with Gasteiger partial charge in [-0.15, -0.1) is 0 Å². The average Bonchev–Trinajstić information content (AvgIpc) is 3.22. The summed E-state index contributed by atoms with van der Waals surface area (Å²) in [7, 11) is 1.52. The minimum atomic E-state index is -0.199. The highest BCUT2D eigenvalue weighted by molar-refractivity contribution is 5.31. The lowest BCUT2D eigenvalue weighted by molar-refractivity contribution is 0.366. The number of rotatable bonds is 8. The second kappa shape index (κ2) is 7.07. The highest BCUT2D eigenvalue weighted by Crippen LogP contribution is 2.25. The van der Waals surface area contributed by atoms with Crippen molar-refractivity contribution in [3.63, 3.8) is 0 Å². The first kappa shape index (κ1) is 15.3. The molecular formula is C17H26FNO. The monoisotopic (exact) mass is 279 g/mol. The van der Waals surface area contributed by atoms with Crippen molar-refractivity contribution in [3.8, 4) is 5.75 Å². The SMILES string of the molecule is COc1cccc(CC(CNC2CC2)CC(C)C)c1F. The van der Waals surface area contributed by atoms with Crippen LogP contribution in [-0.4, -0.2) is 19.7 Å². The molecule has 1 fully saturated rings. The van der Waals surface area contributed by atoms with Crippen LogP contribution in [0.15, 0.2) is 18.2 Å². The third-order valence-corrected chi connectivity index (χ3v) is 3.85. The van der Waals surface area contributed by atoms with Crippen LogP contribution in [0.1, 0.15) is 38.7 Å². The Kier molecular flexibility index (Phi) is 5.41. The number of hydrogen-bond acceptors (Lipinski definition) is 2. The summed E-state index contributed by atoms with van der Waals surface area (Å²) in [6, 6.07) is 6.14. The lowest BCUT2D eigenvalue weighted by atomic mass is 9.90. The maximum absolute atomic E-state index is 14.2. The molecule has 0 spiro atoms. The van der Waals surface area contributed by atoms with Crippen LogP contribution in [0.4, 0.5) is 4.39 Å². The zero-order valence-electron chi connectivity index (χ0n) is 12.8. The van der Waals surface area contributed by atoms with Gasteiger partial charge in [-0.3, -0.25) is 0 Å². The first-order chi connectivity index (χ1) is 9.60. The number of benzene rings is 1. The summed E-state index contributed by atoms with van der Waals surface area (Å²) >= 11 is 0. The Morgan fingerprint density at radius 2 is 2.10 bits per heavy atom. The molecule has 3 heteroatoms. The van der Waals surface area contributed by atoms with Gasteiger partial charge in [0.1, 0.15) is 0 Å². The van der Waals surface area contributed by atoms with Gasteiger partial charge >= 0.3 is 0 Å². The van der Waals surface area contributed by atoms with E-state index in [1.165, 1.54) is 20.0 Å². The highest BCUT2D eigenvalue weighted by atomic mass is 19.1. The normalized spacial score (nSPS) is 16.4. The van der Waals surface area contributed by atoms with Crippen molar-refractivity contribution in [1.82, 2.24) is 5.32 Å². The van der Waals surface area contributed by atoms with Gasteiger partial charge in [0.15, 0.2) is 11.6 Å². The molecule has 0 aliphatic heterocycles. The molecule has 0 bridgehead atoms. The fourth-order valence-corrected chi connectivity index (χ4v) is 2.71. The van der Waals surface area contributed by atoms with Crippen LogP contribution in [0.2, 0.25) is 0 Å². The summed E-state index contributed by atoms with van der Waals surface area (Å²) in [5.74, 6) is 1.27. The van der Waals surface area contributed by atoms with Gasteiger partial charge in [0, 0.05) is 6.04 Å². The number of ether oxygens (including phenoxy) is 1. The van der Waals surface area contributed by atoms with Crippen LogP contribution >= 0.6 is 0 Å². The van der Waals surface area contributed by atoms with Crippen molar-refractivity contribution in [2.75, 3.05) is 13.7 Å². The molecule has 1 saturated carbocycles. The Morgan fingerprint density at radius 1 is 1.35 bits per heavy atom. The van der Waals surface area contributed by atoms with E-state index in [1.54, 1.807) is 6.07 Å². The molecule has 1 aromatic carbocycles. The van der Waals surface area contributed by atoms with E-state index in [1.807, 2.05) is 12.1 Å². The van der Waals surface area contributed by atoms with E-state index in [0.29, 0.717) is 23.6 Å². The molecule has 0 heterocycles. The van der Waals surface area contributed by atoms with E-state index in [2.05, 4.69) is 19.2 Å². The van der Waals surface area contributed by atoms with Crippen molar-refractivity contribution >= 4 is 0 Å². The van der Waals surface area contributed by atoms with Gasteiger partial charge in [-0.1, -0.05) is 26.0 Å². The minimum Gasteiger partial charge on any atom is -0.494 e. The molecular weight excluding hydrogens is 253 g/mol. The molecule has 1 aliphatic rings. The Balaban J connectivity index is 2.01. The Labute approximate surface area is 121 Å². The number of hydrogen-bond donors (Lipinski definition) is 1. The van der Waals surface area contributed by atoms with Crippen LogP contribution in [-0.2, 0) is 6.42 Å². The molecule has 0 aromatic heterocycles. The van der Waals surface area contributed by atoms with Crippen molar-refractivity contribution in [3.05, 3.63) is 29.6 Å². The zero-order chi connectivity index (χ0) is 14.5. The molecule has 0 radical (unpaired) electrons. The molecule has 112 valence electrons. The first-order valence-corrected chi connectivity index (χ1v) is 7.65. The van der Waals surface area contributed by atoms with Crippen molar-refractivity contribution < 1.29 is 9.13 Å². The molecule has 1 unspecified atom stereocenters. The van der Waals surface area contributed by atoms with Gasteiger partial charge in [0.25, 0.3) is 0 Å². The number of nitrogens with one attached hydrogen (secondary N) is 1. The topological polar surface area (TPSA) is 21.3 Å². The summed E-state index contributed by atoms with van der Waals surface area (Å²) in [5, 5.41) is 3.58. The molecule has 20 heavy (non-hydrogen) atoms. The van der Waals surface area contributed by atoms with E-state index in [0.717, 1.165) is 24.9 Å². The molecule has 0 saturated heterocycles. The minimum absolute atomic E-state index is 0.199. The second-order valence-corrected chi connectivity index (χ2v) is 6.32. The van der Waals surface area contributed by atoms with E-state index < -0.39 is 0 Å². The standard InChI is InChI=1S/C17H26FNO/c1-12(2)9-13(11-19-15-7-8-15)10-14-5-4-6-16(20-3)17(14)18/h4-6,12-13,15,19H,7-11H2,1-3H3. The molecule has 2 nitrogen and oxygen atoms in total. The molecule has 1 aromatic rings. The lowest BCUT2D eigenvalue weighted by Crippen LogP contribution is -2.27. The quantitative estimate of drug-likeness (QED) is 0.781. The second-order valence-electron chi connectivity index (χ2n) is 6.32. The maximum Gasteiger partial charge on any atom is 0.168 e. The van der Waals surface area contributed by atoms with Crippen LogP contribution in [0.5, 0.6) is 5.75 Å². The Bertz CT molecular complexity index is 429. The largest absolute Gasteiger partial charge is 0.494 e. The summed E-state index contributed by atoms with van der Waals surface area (Å²) in [4.78, 5) is 0. The third kappa shape index (κ3) is 4.48.